The lowest BCUT2D eigenvalue weighted by atomic mass is 10.1. The first kappa shape index (κ1) is 16.7. The number of rotatable bonds is 6. The van der Waals surface area contributed by atoms with E-state index in [0.29, 0.717) is 18.2 Å². The van der Waals surface area contributed by atoms with Crippen molar-refractivity contribution in [3.05, 3.63) is 64.2 Å². The lowest BCUT2D eigenvalue weighted by Crippen LogP contribution is -2.28. The van der Waals surface area contributed by atoms with Gasteiger partial charge in [-0.2, -0.15) is 0 Å². The molecule has 0 amide bonds. The van der Waals surface area contributed by atoms with Gasteiger partial charge in [0.2, 0.25) is 5.43 Å². The number of hydrogen-bond donors (Lipinski definition) is 1. The van der Waals surface area contributed by atoms with Gasteiger partial charge in [-0.1, -0.05) is 30.3 Å². The fraction of sp³-hybridized carbons (Fsp3) is 0.421. The molecule has 0 saturated carbocycles. The van der Waals surface area contributed by atoms with E-state index < -0.39 is 0 Å². The fourth-order valence-corrected chi connectivity index (χ4v) is 3.35. The SMILES string of the molecule is CN(Cc1cc(=O)c(O)co1)C[C@H]1CCN(Cc2ccccc2)C1. The van der Waals surface area contributed by atoms with Crippen LogP contribution in [-0.2, 0) is 13.1 Å². The van der Waals surface area contributed by atoms with E-state index >= 15 is 0 Å². The molecule has 0 unspecified atom stereocenters. The molecule has 3 rings (SSSR count). The molecule has 5 heteroatoms. The van der Waals surface area contributed by atoms with Gasteiger partial charge in [0.25, 0.3) is 0 Å². The molecule has 0 aliphatic carbocycles. The molecule has 0 radical (unpaired) electrons. The number of likely N-dealkylation sites (tertiary alicyclic amines) is 1. The van der Waals surface area contributed by atoms with Crippen LogP contribution in [0.1, 0.15) is 17.7 Å². The average molecular weight is 328 g/mol. The van der Waals surface area contributed by atoms with E-state index in [2.05, 4.69) is 34.1 Å². The summed E-state index contributed by atoms with van der Waals surface area (Å²) in [6, 6.07) is 11.9. The molecule has 1 atom stereocenters. The summed E-state index contributed by atoms with van der Waals surface area (Å²) in [4.78, 5) is 16.1. The molecule has 0 spiro atoms. The highest BCUT2D eigenvalue weighted by atomic mass is 16.4. The van der Waals surface area contributed by atoms with E-state index in [0.717, 1.165) is 32.4 Å². The average Bonchev–Trinajstić information content (AvgIpc) is 2.99. The van der Waals surface area contributed by atoms with E-state index in [9.17, 15) is 9.90 Å². The number of aromatic hydroxyl groups is 1. The molecule has 5 nitrogen and oxygen atoms in total. The van der Waals surface area contributed by atoms with Crippen molar-refractivity contribution in [3.63, 3.8) is 0 Å². The van der Waals surface area contributed by atoms with Gasteiger partial charge in [-0.3, -0.25) is 14.6 Å². The zero-order chi connectivity index (χ0) is 16.9. The summed E-state index contributed by atoms with van der Waals surface area (Å²) in [7, 11) is 2.03. The maximum absolute atomic E-state index is 11.4. The van der Waals surface area contributed by atoms with Gasteiger partial charge in [0.1, 0.15) is 12.0 Å². The van der Waals surface area contributed by atoms with Crippen LogP contribution in [0.4, 0.5) is 0 Å². The standard InChI is InChI=1S/C19H24N2O3/c1-20(13-17-9-18(22)19(23)14-24-17)10-16-7-8-21(12-16)11-15-5-3-2-4-6-15/h2-6,9,14,16,23H,7-8,10-13H2,1H3/t16-/m1/s1. The van der Waals surface area contributed by atoms with Crippen molar-refractivity contribution in [1.29, 1.82) is 0 Å². The van der Waals surface area contributed by atoms with Crippen LogP contribution in [0.2, 0.25) is 0 Å². The van der Waals surface area contributed by atoms with Gasteiger partial charge in [0, 0.05) is 25.7 Å². The molecule has 2 heterocycles. The molecule has 1 aliphatic rings. The Hall–Kier alpha value is -2.11. The minimum absolute atomic E-state index is 0.339. The lowest BCUT2D eigenvalue weighted by Gasteiger charge is -2.21. The third-order valence-corrected chi connectivity index (χ3v) is 4.48. The van der Waals surface area contributed by atoms with Crippen LogP contribution in [0.25, 0.3) is 0 Å². The van der Waals surface area contributed by atoms with Crippen molar-refractivity contribution in [2.45, 2.75) is 19.5 Å². The molecular weight excluding hydrogens is 304 g/mol. The third-order valence-electron chi connectivity index (χ3n) is 4.48. The molecule has 1 saturated heterocycles. The van der Waals surface area contributed by atoms with Crippen molar-refractivity contribution < 1.29 is 9.52 Å². The summed E-state index contributed by atoms with van der Waals surface area (Å²) in [6.45, 7) is 4.77. The number of nitrogens with zero attached hydrogens (tertiary/aromatic N) is 2. The van der Waals surface area contributed by atoms with Gasteiger partial charge < -0.3 is 9.52 Å². The van der Waals surface area contributed by atoms with Crippen LogP contribution in [0.3, 0.4) is 0 Å². The Morgan fingerprint density at radius 3 is 2.88 bits per heavy atom. The normalized spacial score (nSPS) is 18.3. The summed E-state index contributed by atoms with van der Waals surface area (Å²) in [5.74, 6) is 0.871. The lowest BCUT2D eigenvalue weighted by molar-refractivity contribution is 0.237. The van der Waals surface area contributed by atoms with Gasteiger partial charge in [-0.25, -0.2) is 0 Å². The van der Waals surface area contributed by atoms with Crippen molar-refractivity contribution in [1.82, 2.24) is 9.80 Å². The van der Waals surface area contributed by atoms with Gasteiger partial charge >= 0.3 is 0 Å². The smallest absolute Gasteiger partial charge is 0.226 e. The topological polar surface area (TPSA) is 56.9 Å². The van der Waals surface area contributed by atoms with Crippen LogP contribution in [0.5, 0.6) is 5.75 Å². The number of hydrogen-bond acceptors (Lipinski definition) is 5. The molecule has 1 aromatic heterocycles. The van der Waals surface area contributed by atoms with E-state index in [1.807, 2.05) is 13.1 Å². The van der Waals surface area contributed by atoms with Gasteiger partial charge in [0.15, 0.2) is 5.75 Å². The van der Waals surface area contributed by atoms with Crippen molar-refractivity contribution >= 4 is 0 Å². The van der Waals surface area contributed by atoms with E-state index in [1.165, 1.54) is 18.1 Å². The molecule has 24 heavy (non-hydrogen) atoms. The van der Waals surface area contributed by atoms with E-state index in [-0.39, 0.29) is 11.2 Å². The molecule has 1 aromatic carbocycles. The first-order valence-corrected chi connectivity index (χ1v) is 8.35. The van der Waals surface area contributed by atoms with Gasteiger partial charge in [0.05, 0.1) is 6.54 Å². The highest BCUT2D eigenvalue weighted by Gasteiger charge is 2.23. The van der Waals surface area contributed by atoms with E-state index in [1.54, 1.807) is 0 Å². The highest BCUT2D eigenvalue weighted by molar-refractivity contribution is 5.16. The Labute approximate surface area is 142 Å². The minimum atomic E-state index is -0.389. The monoisotopic (exact) mass is 328 g/mol. The molecular formula is C19H24N2O3. The van der Waals surface area contributed by atoms with Crippen molar-refractivity contribution in [2.75, 3.05) is 26.7 Å². The van der Waals surface area contributed by atoms with Crippen molar-refractivity contribution in [2.24, 2.45) is 5.92 Å². The maximum Gasteiger partial charge on any atom is 0.226 e. The quantitative estimate of drug-likeness (QED) is 0.882. The summed E-state index contributed by atoms with van der Waals surface area (Å²) < 4.78 is 5.27. The Kier molecular flexibility index (Phi) is 5.33. The van der Waals surface area contributed by atoms with Crippen molar-refractivity contribution in [3.8, 4) is 5.75 Å². The Morgan fingerprint density at radius 2 is 2.12 bits per heavy atom. The Bertz CT molecular complexity index is 714. The van der Waals surface area contributed by atoms with Crippen LogP contribution in [0, 0.1) is 5.92 Å². The third kappa shape index (κ3) is 4.46. The zero-order valence-electron chi connectivity index (χ0n) is 14.0. The van der Waals surface area contributed by atoms with Gasteiger partial charge in [-0.05, 0) is 31.5 Å². The number of benzene rings is 1. The predicted octanol–water partition coefficient (Wildman–Crippen LogP) is 2.30. The first-order valence-electron chi connectivity index (χ1n) is 8.35. The highest BCUT2D eigenvalue weighted by Crippen LogP contribution is 2.20. The first-order chi connectivity index (χ1) is 11.6. The molecule has 1 aliphatic heterocycles. The largest absolute Gasteiger partial charge is 0.502 e. The second-order valence-corrected chi connectivity index (χ2v) is 6.67. The minimum Gasteiger partial charge on any atom is -0.502 e. The summed E-state index contributed by atoms with van der Waals surface area (Å²) in [6.07, 6.45) is 2.30. The van der Waals surface area contributed by atoms with Crippen LogP contribution < -0.4 is 5.43 Å². The molecule has 1 N–H and O–H groups in total. The second-order valence-electron chi connectivity index (χ2n) is 6.67. The molecule has 0 bridgehead atoms. The summed E-state index contributed by atoms with van der Waals surface area (Å²) in [5.41, 5.74) is 0.969. The van der Waals surface area contributed by atoms with Crippen LogP contribution in [-0.4, -0.2) is 41.6 Å². The summed E-state index contributed by atoms with van der Waals surface area (Å²) in [5, 5.41) is 9.23. The van der Waals surface area contributed by atoms with Crippen LogP contribution in [0.15, 0.2) is 51.9 Å². The summed E-state index contributed by atoms with van der Waals surface area (Å²) >= 11 is 0. The Morgan fingerprint density at radius 1 is 1.33 bits per heavy atom. The van der Waals surface area contributed by atoms with E-state index in [4.69, 9.17) is 4.42 Å². The van der Waals surface area contributed by atoms with Crippen LogP contribution >= 0.6 is 0 Å². The maximum atomic E-state index is 11.4. The zero-order valence-corrected chi connectivity index (χ0v) is 14.0. The second kappa shape index (κ2) is 7.64. The molecule has 128 valence electrons. The molecule has 2 aromatic rings. The Balaban J connectivity index is 1.48. The van der Waals surface area contributed by atoms with Gasteiger partial charge in [-0.15, -0.1) is 0 Å². The predicted molar refractivity (Wildman–Crippen MR) is 92.8 cm³/mol. The molecule has 1 fully saturated rings. The fourth-order valence-electron chi connectivity index (χ4n) is 3.35.